The number of halogens is 1. The van der Waals surface area contributed by atoms with Gasteiger partial charge in [0.25, 0.3) is 10.0 Å². The first-order chi connectivity index (χ1) is 13.7. The van der Waals surface area contributed by atoms with Crippen LogP contribution in [0.4, 0.5) is 10.1 Å². The van der Waals surface area contributed by atoms with E-state index in [1.54, 1.807) is 19.9 Å². The minimum Gasteiger partial charge on any atom is -0.508 e. The summed E-state index contributed by atoms with van der Waals surface area (Å²) in [5.74, 6) is -2.25. The number of aromatic hydroxyl groups is 1. The highest BCUT2D eigenvalue weighted by Crippen LogP contribution is 2.40. The molecule has 2 unspecified atom stereocenters. The lowest BCUT2D eigenvalue weighted by atomic mass is 9.88. The minimum atomic E-state index is -4.20. The number of sulfonamides is 1. The third-order valence-electron chi connectivity index (χ3n) is 4.97. The monoisotopic (exact) mass is 423 g/mol. The number of hydrogen-bond donors (Lipinski definition) is 1. The number of nitrogens with zero attached hydrogens (tertiary/aromatic N) is 1. The zero-order chi connectivity index (χ0) is 21.3. The van der Waals surface area contributed by atoms with Gasteiger partial charge in [-0.15, -0.1) is 0 Å². The van der Waals surface area contributed by atoms with E-state index in [-0.39, 0.29) is 35.1 Å². The topological polar surface area (TPSA) is 93.1 Å². The number of phenols is 1. The number of hydrogen-bond acceptors (Lipinski definition) is 6. The molecule has 1 aliphatic heterocycles. The summed E-state index contributed by atoms with van der Waals surface area (Å²) in [6.45, 7) is 3.45. The van der Waals surface area contributed by atoms with Crippen molar-refractivity contribution in [1.82, 2.24) is 0 Å². The van der Waals surface area contributed by atoms with E-state index in [0.717, 1.165) is 22.5 Å². The molecule has 0 aromatic heterocycles. The number of rotatable bonds is 5. The van der Waals surface area contributed by atoms with E-state index in [9.17, 15) is 22.7 Å². The fraction of sp³-hybridized carbons (Fsp3) is 0.350. The zero-order valence-corrected chi connectivity index (χ0v) is 17.1. The molecule has 0 saturated carbocycles. The zero-order valence-electron chi connectivity index (χ0n) is 16.3. The summed E-state index contributed by atoms with van der Waals surface area (Å²) in [7, 11) is -2.97. The fourth-order valence-electron chi connectivity index (χ4n) is 3.51. The van der Waals surface area contributed by atoms with Gasteiger partial charge in [-0.05, 0) is 44.0 Å². The second-order valence-corrected chi connectivity index (χ2v) is 8.53. The molecule has 0 bridgehead atoms. The van der Waals surface area contributed by atoms with E-state index in [1.165, 1.54) is 19.2 Å². The van der Waals surface area contributed by atoms with Gasteiger partial charge in [-0.2, -0.15) is 0 Å². The number of benzene rings is 2. The molecule has 0 fully saturated rings. The molecule has 156 valence electrons. The first-order valence-corrected chi connectivity index (χ1v) is 10.5. The normalized spacial score (nSPS) is 18.8. The summed E-state index contributed by atoms with van der Waals surface area (Å²) in [4.78, 5) is 12.3. The predicted octanol–water partition coefficient (Wildman–Crippen LogP) is 2.86. The SMILES string of the molecule is CCOC(=O)C1Cc2ccc(O)cc2N(S(=O)(=O)c2ccc(F)c(OC)c2)C1C. The lowest BCUT2D eigenvalue weighted by molar-refractivity contribution is -0.148. The summed E-state index contributed by atoms with van der Waals surface area (Å²) >= 11 is 0. The third-order valence-corrected chi connectivity index (χ3v) is 6.86. The van der Waals surface area contributed by atoms with Gasteiger partial charge < -0.3 is 14.6 Å². The van der Waals surface area contributed by atoms with Gasteiger partial charge in [0.2, 0.25) is 0 Å². The van der Waals surface area contributed by atoms with Gasteiger partial charge in [0.05, 0.1) is 36.3 Å². The molecule has 2 aromatic carbocycles. The molecule has 1 aliphatic rings. The summed E-state index contributed by atoms with van der Waals surface area (Å²) in [5, 5.41) is 9.92. The van der Waals surface area contributed by atoms with Gasteiger partial charge in [0, 0.05) is 12.1 Å². The van der Waals surface area contributed by atoms with Crippen molar-refractivity contribution in [3.63, 3.8) is 0 Å². The van der Waals surface area contributed by atoms with E-state index in [4.69, 9.17) is 9.47 Å². The molecule has 2 aromatic rings. The van der Waals surface area contributed by atoms with Gasteiger partial charge in [0.15, 0.2) is 11.6 Å². The number of esters is 1. The average molecular weight is 423 g/mol. The number of fused-ring (bicyclic) bond motifs is 1. The van der Waals surface area contributed by atoms with E-state index in [2.05, 4.69) is 0 Å². The average Bonchev–Trinajstić information content (AvgIpc) is 2.67. The first kappa shape index (κ1) is 20.9. The predicted molar refractivity (Wildman–Crippen MR) is 104 cm³/mol. The van der Waals surface area contributed by atoms with Crippen molar-refractivity contribution in [2.75, 3.05) is 18.0 Å². The van der Waals surface area contributed by atoms with Gasteiger partial charge in [0.1, 0.15) is 5.75 Å². The van der Waals surface area contributed by atoms with Gasteiger partial charge in [-0.25, -0.2) is 12.8 Å². The van der Waals surface area contributed by atoms with Crippen LogP contribution >= 0.6 is 0 Å². The summed E-state index contributed by atoms with van der Waals surface area (Å²) in [5.41, 5.74) is 0.845. The Morgan fingerprint density at radius 1 is 1.28 bits per heavy atom. The first-order valence-electron chi connectivity index (χ1n) is 9.07. The van der Waals surface area contributed by atoms with Crippen molar-refractivity contribution in [3.05, 3.63) is 47.8 Å². The maximum Gasteiger partial charge on any atom is 0.311 e. The van der Waals surface area contributed by atoms with Crippen molar-refractivity contribution in [3.8, 4) is 11.5 Å². The van der Waals surface area contributed by atoms with E-state index in [0.29, 0.717) is 5.56 Å². The molecule has 29 heavy (non-hydrogen) atoms. The van der Waals surface area contributed by atoms with Crippen LogP contribution in [0.3, 0.4) is 0 Å². The Bertz CT molecular complexity index is 1040. The standard InChI is InChI=1S/C20H22FNO6S/c1-4-28-20(24)16-9-13-5-6-14(23)10-18(13)22(12(16)2)29(25,26)15-7-8-17(21)19(11-15)27-3/h5-8,10-12,16,23H,4,9H2,1-3H3. The van der Waals surface area contributed by atoms with Crippen LogP contribution in [-0.2, 0) is 26.0 Å². The van der Waals surface area contributed by atoms with Crippen molar-refractivity contribution in [2.45, 2.75) is 31.2 Å². The maximum atomic E-state index is 13.8. The number of phenolic OH excluding ortho intramolecular Hbond substituents is 1. The highest BCUT2D eigenvalue weighted by molar-refractivity contribution is 7.92. The summed E-state index contributed by atoms with van der Waals surface area (Å²) < 4.78 is 51.9. The third kappa shape index (κ3) is 3.74. The maximum absolute atomic E-state index is 13.8. The van der Waals surface area contributed by atoms with E-state index < -0.39 is 33.8 Å². The van der Waals surface area contributed by atoms with Gasteiger partial charge >= 0.3 is 5.97 Å². The van der Waals surface area contributed by atoms with Gasteiger partial charge in [-0.3, -0.25) is 9.10 Å². The van der Waals surface area contributed by atoms with Crippen molar-refractivity contribution < 1.29 is 32.2 Å². The number of ether oxygens (including phenoxy) is 2. The van der Waals surface area contributed by atoms with Crippen LogP contribution in [-0.4, -0.2) is 39.3 Å². The lowest BCUT2D eigenvalue weighted by Crippen LogP contribution is -2.49. The van der Waals surface area contributed by atoms with Crippen LogP contribution in [0.2, 0.25) is 0 Å². The second-order valence-electron chi connectivity index (χ2n) is 6.71. The smallest absolute Gasteiger partial charge is 0.311 e. The molecule has 0 saturated heterocycles. The Morgan fingerprint density at radius 3 is 2.66 bits per heavy atom. The van der Waals surface area contributed by atoms with Crippen LogP contribution in [0, 0.1) is 11.7 Å². The van der Waals surface area contributed by atoms with Crippen molar-refractivity contribution in [2.24, 2.45) is 5.92 Å². The fourth-order valence-corrected chi connectivity index (χ4v) is 5.25. The van der Waals surface area contributed by atoms with Crippen LogP contribution < -0.4 is 9.04 Å². The quantitative estimate of drug-likeness (QED) is 0.744. The molecule has 1 heterocycles. The minimum absolute atomic E-state index is 0.109. The number of methoxy groups -OCH3 is 1. The largest absolute Gasteiger partial charge is 0.508 e. The molecule has 0 aliphatic carbocycles. The van der Waals surface area contributed by atoms with E-state index >= 15 is 0 Å². The molecule has 0 amide bonds. The molecule has 9 heteroatoms. The second kappa shape index (κ2) is 7.90. The lowest BCUT2D eigenvalue weighted by Gasteiger charge is -2.40. The van der Waals surface area contributed by atoms with Crippen molar-refractivity contribution >= 4 is 21.7 Å². The van der Waals surface area contributed by atoms with Crippen molar-refractivity contribution in [1.29, 1.82) is 0 Å². The van der Waals surface area contributed by atoms with E-state index in [1.807, 2.05) is 0 Å². The van der Waals surface area contributed by atoms with Crippen LogP contribution in [0.15, 0.2) is 41.3 Å². The molecular formula is C20H22FNO6S. The Balaban J connectivity index is 2.16. The molecule has 0 radical (unpaired) electrons. The Labute approximate surface area is 168 Å². The summed E-state index contributed by atoms with van der Waals surface area (Å²) in [6, 6.07) is 6.80. The molecule has 2 atom stereocenters. The highest BCUT2D eigenvalue weighted by atomic mass is 32.2. The highest BCUT2D eigenvalue weighted by Gasteiger charge is 2.43. The Hall–Kier alpha value is -2.81. The molecule has 3 rings (SSSR count). The van der Waals surface area contributed by atoms with Crippen LogP contribution in [0.25, 0.3) is 0 Å². The summed E-state index contributed by atoms with van der Waals surface area (Å²) in [6.07, 6.45) is 0.272. The van der Waals surface area contributed by atoms with Crippen LogP contribution in [0.5, 0.6) is 11.5 Å². The van der Waals surface area contributed by atoms with Crippen LogP contribution in [0.1, 0.15) is 19.4 Å². The Morgan fingerprint density at radius 2 is 2.00 bits per heavy atom. The van der Waals surface area contributed by atoms with Gasteiger partial charge in [-0.1, -0.05) is 6.07 Å². The molecule has 0 spiro atoms. The number of anilines is 1. The molecule has 7 nitrogen and oxygen atoms in total. The Kier molecular flexibility index (Phi) is 5.70. The molecule has 1 N–H and O–H groups in total. The molecular weight excluding hydrogens is 401 g/mol. The number of carbonyl (C=O) groups is 1. The number of carbonyl (C=O) groups excluding carboxylic acids is 1.